The highest BCUT2D eigenvalue weighted by molar-refractivity contribution is 5.78. The molecule has 3 rings (SSSR count). The Morgan fingerprint density at radius 3 is 2.11 bits per heavy atom. The van der Waals surface area contributed by atoms with Gasteiger partial charge in [-0.25, -0.2) is 0 Å². The summed E-state index contributed by atoms with van der Waals surface area (Å²) < 4.78 is 5.60. The molecule has 5 nitrogen and oxygen atoms in total. The lowest BCUT2D eigenvalue weighted by molar-refractivity contribution is -0.130. The minimum Gasteiger partial charge on any atom is -0.484 e. The fraction of sp³-hybridized carbons (Fsp3) is 0.364. The zero-order valence-electron chi connectivity index (χ0n) is 15.9. The van der Waals surface area contributed by atoms with Gasteiger partial charge in [-0.1, -0.05) is 42.0 Å². The number of hydrogen-bond donors (Lipinski definition) is 1. The molecular weight excluding hydrogens is 340 g/mol. The number of nitrogens with zero attached hydrogens (tertiary/aromatic N) is 1. The second-order valence-electron chi connectivity index (χ2n) is 7.03. The van der Waals surface area contributed by atoms with E-state index in [1.807, 2.05) is 29.2 Å². The Kier molecular flexibility index (Phi) is 6.12. The van der Waals surface area contributed by atoms with Crippen LogP contribution in [0.15, 0.2) is 48.5 Å². The molecule has 1 N–H and O–H groups in total. The first-order valence-corrected chi connectivity index (χ1v) is 9.36. The molecule has 1 heterocycles. The van der Waals surface area contributed by atoms with Crippen molar-refractivity contribution in [2.45, 2.75) is 32.7 Å². The van der Waals surface area contributed by atoms with Crippen LogP contribution in [0.25, 0.3) is 11.1 Å². The Balaban J connectivity index is 1.45. The van der Waals surface area contributed by atoms with Crippen molar-refractivity contribution in [1.82, 2.24) is 10.2 Å². The molecule has 2 amide bonds. The quantitative estimate of drug-likeness (QED) is 0.884. The van der Waals surface area contributed by atoms with Crippen molar-refractivity contribution in [3.63, 3.8) is 0 Å². The molecule has 27 heavy (non-hydrogen) atoms. The van der Waals surface area contributed by atoms with E-state index < -0.39 is 0 Å². The Morgan fingerprint density at radius 2 is 1.56 bits per heavy atom. The highest BCUT2D eigenvalue weighted by atomic mass is 16.5. The van der Waals surface area contributed by atoms with Crippen molar-refractivity contribution in [1.29, 1.82) is 0 Å². The van der Waals surface area contributed by atoms with Gasteiger partial charge in [0.05, 0.1) is 0 Å². The summed E-state index contributed by atoms with van der Waals surface area (Å²) in [5.74, 6) is 0.642. The number of likely N-dealkylation sites (tertiary alicyclic amines) is 1. The van der Waals surface area contributed by atoms with Crippen molar-refractivity contribution in [2.75, 3.05) is 19.7 Å². The molecule has 2 aromatic rings. The van der Waals surface area contributed by atoms with Crippen molar-refractivity contribution >= 4 is 11.8 Å². The second-order valence-corrected chi connectivity index (χ2v) is 7.03. The van der Waals surface area contributed by atoms with Gasteiger partial charge < -0.3 is 15.0 Å². The first kappa shape index (κ1) is 19.0. The fourth-order valence-corrected chi connectivity index (χ4v) is 3.25. The summed E-state index contributed by atoms with van der Waals surface area (Å²) in [5, 5.41) is 2.99. The van der Waals surface area contributed by atoms with E-state index >= 15 is 0 Å². The molecule has 1 aliphatic rings. The number of hydrogen-bond acceptors (Lipinski definition) is 3. The molecule has 0 spiro atoms. The largest absolute Gasteiger partial charge is 0.484 e. The first-order chi connectivity index (χ1) is 13.0. The van der Waals surface area contributed by atoms with Crippen LogP contribution in [0.1, 0.15) is 25.3 Å². The predicted octanol–water partition coefficient (Wildman–Crippen LogP) is 3.17. The van der Waals surface area contributed by atoms with Crippen molar-refractivity contribution < 1.29 is 14.3 Å². The molecule has 1 fully saturated rings. The third-order valence-electron chi connectivity index (χ3n) is 4.91. The predicted molar refractivity (Wildman–Crippen MR) is 106 cm³/mol. The molecule has 0 radical (unpaired) electrons. The average molecular weight is 366 g/mol. The zero-order chi connectivity index (χ0) is 19.2. The smallest absolute Gasteiger partial charge is 0.258 e. The van der Waals surface area contributed by atoms with E-state index in [9.17, 15) is 9.59 Å². The van der Waals surface area contributed by atoms with E-state index in [2.05, 4.69) is 36.5 Å². The van der Waals surface area contributed by atoms with Crippen LogP contribution in [0.2, 0.25) is 0 Å². The zero-order valence-corrected chi connectivity index (χ0v) is 15.9. The van der Waals surface area contributed by atoms with Gasteiger partial charge in [-0.05, 0) is 43.0 Å². The summed E-state index contributed by atoms with van der Waals surface area (Å²) in [6, 6.07) is 16.2. The molecule has 0 atom stereocenters. The van der Waals surface area contributed by atoms with Gasteiger partial charge in [0, 0.05) is 26.1 Å². The summed E-state index contributed by atoms with van der Waals surface area (Å²) in [7, 11) is 0. The van der Waals surface area contributed by atoms with Crippen LogP contribution in [-0.2, 0) is 9.59 Å². The summed E-state index contributed by atoms with van der Waals surface area (Å²) in [4.78, 5) is 25.3. The van der Waals surface area contributed by atoms with Gasteiger partial charge in [-0.2, -0.15) is 0 Å². The van der Waals surface area contributed by atoms with Crippen LogP contribution in [-0.4, -0.2) is 42.5 Å². The molecular formula is C22H26N2O3. The Hall–Kier alpha value is -2.82. The fourth-order valence-electron chi connectivity index (χ4n) is 3.25. The van der Waals surface area contributed by atoms with Gasteiger partial charge in [0.2, 0.25) is 5.91 Å². The Bertz CT molecular complexity index is 776. The van der Waals surface area contributed by atoms with Crippen LogP contribution in [0, 0.1) is 6.92 Å². The standard InChI is InChI=1S/C22H26N2O3/c1-16-3-5-18(6-4-16)19-7-9-21(10-8-19)27-15-22(26)23-20-11-13-24(14-12-20)17(2)25/h3-10,20H,11-15H2,1-2H3,(H,23,26). The number of amides is 2. The number of carbonyl (C=O) groups excluding carboxylic acids is 2. The molecule has 0 aliphatic carbocycles. The van der Waals surface area contributed by atoms with Gasteiger partial charge in [0.1, 0.15) is 5.75 Å². The van der Waals surface area contributed by atoms with Crippen LogP contribution >= 0.6 is 0 Å². The van der Waals surface area contributed by atoms with Gasteiger partial charge in [-0.3, -0.25) is 9.59 Å². The lowest BCUT2D eigenvalue weighted by Crippen LogP contribution is -2.47. The number of carbonyl (C=O) groups is 2. The summed E-state index contributed by atoms with van der Waals surface area (Å²) in [6.45, 7) is 5.04. The summed E-state index contributed by atoms with van der Waals surface area (Å²) in [6.07, 6.45) is 1.58. The minimum absolute atomic E-state index is 0.00317. The van der Waals surface area contributed by atoms with E-state index in [1.165, 1.54) is 5.56 Å². The third-order valence-corrected chi connectivity index (χ3v) is 4.91. The van der Waals surface area contributed by atoms with Gasteiger partial charge in [-0.15, -0.1) is 0 Å². The highest BCUT2D eigenvalue weighted by Crippen LogP contribution is 2.22. The lowest BCUT2D eigenvalue weighted by atomic mass is 10.0. The SMILES string of the molecule is CC(=O)N1CCC(NC(=O)COc2ccc(-c3ccc(C)cc3)cc2)CC1. The monoisotopic (exact) mass is 366 g/mol. The van der Waals surface area contributed by atoms with Gasteiger partial charge in [0.15, 0.2) is 6.61 Å². The van der Waals surface area contributed by atoms with Crippen molar-refractivity contribution in [2.24, 2.45) is 0 Å². The first-order valence-electron chi connectivity index (χ1n) is 9.36. The van der Waals surface area contributed by atoms with Crippen LogP contribution in [0.3, 0.4) is 0 Å². The minimum atomic E-state index is -0.126. The topological polar surface area (TPSA) is 58.6 Å². The number of piperidine rings is 1. The van der Waals surface area contributed by atoms with Crippen LogP contribution in [0.4, 0.5) is 0 Å². The molecule has 0 saturated carbocycles. The molecule has 0 bridgehead atoms. The average Bonchev–Trinajstić information content (AvgIpc) is 2.68. The van der Waals surface area contributed by atoms with E-state index in [0.29, 0.717) is 18.8 Å². The lowest BCUT2D eigenvalue weighted by Gasteiger charge is -2.31. The molecule has 2 aromatic carbocycles. The van der Waals surface area contributed by atoms with Crippen LogP contribution < -0.4 is 10.1 Å². The highest BCUT2D eigenvalue weighted by Gasteiger charge is 2.21. The third kappa shape index (κ3) is 5.33. The molecule has 0 unspecified atom stereocenters. The van der Waals surface area contributed by atoms with Crippen molar-refractivity contribution in [3.05, 3.63) is 54.1 Å². The number of benzene rings is 2. The van der Waals surface area contributed by atoms with Crippen LogP contribution in [0.5, 0.6) is 5.75 Å². The van der Waals surface area contributed by atoms with E-state index in [0.717, 1.165) is 24.0 Å². The maximum atomic E-state index is 12.1. The summed E-state index contributed by atoms with van der Waals surface area (Å²) in [5.41, 5.74) is 3.50. The van der Waals surface area contributed by atoms with E-state index in [1.54, 1.807) is 6.92 Å². The maximum Gasteiger partial charge on any atom is 0.258 e. The second kappa shape index (κ2) is 8.71. The Labute approximate surface area is 160 Å². The number of aryl methyl sites for hydroxylation is 1. The van der Waals surface area contributed by atoms with Gasteiger partial charge in [0.25, 0.3) is 5.91 Å². The van der Waals surface area contributed by atoms with E-state index in [4.69, 9.17) is 4.74 Å². The van der Waals surface area contributed by atoms with E-state index in [-0.39, 0.29) is 24.5 Å². The van der Waals surface area contributed by atoms with Gasteiger partial charge >= 0.3 is 0 Å². The normalized spacial score (nSPS) is 14.7. The molecule has 1 saturated heterocycles. The number of ether oxygens (including phenoxy) is 1. The number of nitrogens with one attached hydrogen (secondary N) is 1. The maximum absolute atomic E-state index is 12.1. The molecule has 142 valence electrons. The number of rotatable bonds is 5. The summed E-state index contributed by atoms with van der Waals surface area (Å²) >= 11 is 0. The molecule has 5 heteroatoms. The van der Waals surface area contributed by atoms with Crippen molar-refractivity contribution in [3.8, 4) is 16.9 Å². The molecule has 1 aliphatic heterocycles. The molecule has 0 aromatic heterocycles. The Morgan fingerprint density at radius 1 is 1.00 bits per heavy atom.